The van der Waals surface area contributed by atoms with Gasteiger partial charge in [0.2, 0.25) is 0 Å². The van der Waals surface area contributed by atoms with Gasteiger partial charge in [0, 0.05) is 5.69 Å². The predicted molar refractivity (Wildman–Crippen MR) is 84.6 cm³/mol. The van der Waals surface area contributed by atoms with E-state index in [1.807, 2.05) is 12.1 Å². The van der Waals surface area contributed by atoms with Gasteiger partial charge in [-0.2, -0.15) is 5.26 Å². The molecule has 0 amide bonds. The summed E-state index contributed by atoms with van der Waals surface area (Å²) in [4.78, 5) is 0. The molecule has 1 fully saturated rings. The highest BCUT2D eigenvalue weighted by molar-refractivity contribution is 5.53. The molecule has 0 aliphatic heterocycles. The van der Waals surface area contributed by atoms with Gasteiger partial charge in [-0.15, -0.1) is 0 Å². The Morgan fingerprint density at radius 1 is 1.40 bits per heavy atom. The summed E-state index contributed by atoms with van der Waals surface area (Å²) in [7, 11) is 0. The summed E-state index contributed by atoms with van der Waals surface area (Å²) in [6, 6.07) is 10.8. The maximum Gasteiger partial charge on any atom is 0.125 e. The lowest BCUT2D eigenvalue weighted by molar-refractivity contribution is 0.254. The topological polar surface area (TPSA) is 35.8 Å². The first kappa shape index (κ1) is 14.9. The van der Waals surface area contributed by atoms with Crippen LogP contribution in [0.5, 0.6) is 0 Å². The van der Waals surface area contributed by atoms with Crippen molar-refractivity contribution in [3.63, 3.8) is 0 Å². The van der Waals surface area contributed by atoms with Gasteiger partial charge in [-0.1, -0.05) is 38.5 Å². The smallest absolute Gasteiger partial charge is 0.125 e. The Labute approximate surface area is 123 Å². The fourth-order valence-corrected chi connectivity index (χ4v) is 3.47. The molecule has 1 aliphatic carbocycles. The first-order chi connectivity index (χ1) is 9.54. The Hall–Kier alpha value is -1.49. The Bertz CT molecular complexity index is 486. The van der Waals surface area contributed by atoms with Gasteiger partial charge in [0.25, 0.3) is 0 Å². The maximum atomic E-state index is 9.73. The number of rotatable bonds is 4. The van der Waals surface area contributed by atoms with E-state index in [0.717, 1.165) is 24.9 Å². The molecule has 1 saturated carbocycles. The van der Waals surface area contributed by atoms with Crippen LogP contribution in [0, 0.1) is 30.1 Å². The van der Waals surface area contributed by atoms with Crippen molar-refractivity contribution in [1.82, 2.24) is 0 Å². The van der Waals surface area contributed by atoms with Crippen LogP contribution in [-0.2, 0) is 0 Å². The number of hydrogen-bond donors (Lipinski definition) is 1. The average molecular weight is 270 g/mol. The Morgan fingerprint density at radius 3 is 2.80 bits per heavy atom. The lowest BCUT2D eigenvalue weighted by Crippen LogP contribution is -2.42. The molecule has 2 atom stereocenters. The summed E-state index contributed by atoms with van der Waals surface area (Å²) in [5, 5.41) is 13.3. The van der Waals surface area contributed by atoms with Crippen LogP contribution in [0.2, 0.25) is 0 Å². The zero-order valence-corrected chi connectivity index (χ0v) is 12.9. The molecule has 2 heteroatoms. The summed E-state index contributed by atoms with van der Waals surface area (Å²) in [5.74, 6) is 1.40. The molecule has 0 saturated heterocycles. The van der Waals surface area contributed by atoms with Gasteiger partial charge < -0.3 is 5.32 Å². The monoisotopic (exact) mass is 270 g/mol. The fraction of sp³-hybridized carbons (Fsp3) is 0.611. The Balaban J connectivity index is 2.13. The van der Waals surface area contributed by atoms with Gasteiger partial charge in [0.15, 0.2) is 0 Å². The van der Waals surface area contributed by atoms with E-state index in [9.17, 15) is 5.26 Å². The summed E-state index contributed by atoms with van der Waals surface area (Å²) in [6.45, 7) is 6.65. The summed E-state index contributed by atoms with van der Waals surface area (Å²) >= 11 is 0. The molecule has 0 heterocycles. The standard InChI is InChI=1S/C18H26N2/c1-14(2)11-16-8-6-10-18(12-16,13-19)20-17-9-5-4-7-15(17)3/h4-5,7,9,14,16,20H,6,8,10-12H2,1-3H3. The lowest BCUT2D eigenvalue weighted by Gasteiger charge is -2.38. The first-order valence-electron chi connectivity index (χ1n) is 7.80. The molecule has 1 aliphatic rings. The van der Waals surface area contributed by atoms with Crippen LogP contribution in [0.1, 0.15) is 51.5 Å². The molecule has 1 aromatic rings. The highest BCUT2D eigenvalue weighted by Gasteiger charge is 2.36. The second-order valence-electron chi connectivity index (χ2n) is 6.73. The number of nitrogens with zero attached hydrogens (tertiary/aromatic N) is 1. The summed E-state index contributed by atoms with van der Waals surface area (Å²) in [6.07, 6.45) is 5.61. The van der Waals surface area contributed by atoms with E-state index in [1.54, 1.807) is 0 Å². The van der Waals surface area contributed by atoms with Gasteiger partial charge in [-0.3, -0.25) is 0 Å². The van der Waals surface area contributed by atoms with Crippen molar-refractivity contribution < 1.29 is 0 Å². The zero-order valence-electron chi connectivity index (χ0n) is 12.9. The molecular weight excluding hydrogens is 244 g/mol. The van der Waals surface area contributed by atoms with Crippen LogP contribution in [-0.4, -0.2) is 5.54 Å². The van der Waals surface area contributed by atoms with Crippen LogP contribution < -0.4 is 5.32 Å². The number of benzene rings is 1. The Morgan fingerprint density at radius 2 is 2.15 bits per heavy atom. The third-order valence-corrected chi connectivity index (χ3v) is 4.39. The van der Waals surface area contributed by atoms with Crippen LogP contribution in [0.4, 0.5) is 5.69 Å². The van der Waals surface area contributed by atoms with Crippen LogP contribution in [0.15, 0.2) is 24.3 Å². The SMILES string of the molecule is Cc1ccccc1NC1(C#N)CCCC(CC(C)C)C1. The second-order valence-corrected chi connectivity index (χ2v) is 6.73. The number of hydrogen-bond acceptors (Lipinski definition) is 2. The van der Waals surface area contributed by atoms with Crippen molar-refractivity contribution in [3.8, 4) is 6.07 Å². The first-order valence-corrected chi connectivity index (χ1v) is 7.80. The highest BCUT2D eigenvalue weighted by Crippen LogP contribution is 2.38. The normalized spacial score (nSPS) is 26.2. The second kappa shape index (κ2) is 6.31. The molecule has 20 heavy (non-hydrogen) atoms. The molecule has 2 nitrogen and oxygen atoms in total. The number of nitrogens with one attached hydrogen (secondary N) is 1. The van der Waals surface area contributed by atoms with Gasteiger partial charge in [0.05, 0.1) is 6.07 Å². The van der Waals surface area contributed by atoms with Crippen molar-refractivity contribution in [2.45, 2.75) is 58.4 Å². The minimum atomic E-state index is -0.371. The molecule has 2 unspecified atom stereocenters. The van der Waals surface area contributed by atoms with Crippen LogP contribution in [0.25, 0.3) is 0 Å². The van der Waals surface area contributed by atoms with Gasteiger partial charge in [-0.05, 0) is 56.1 Å². The van der Waals surface area contributed by atoms with Gasteiger partial charge in [0.1, 0.15) is 5.54 Å². The van der Waals surface area contributed by atoms with Crippen LogP contribution in [0.3, 0.4) is 0 Å². The van der Waals surface area contributed by atoms with E-state index in [-0.39, 0.29) is 5.54 Å². The third kappa shape index (κ3) is 3.54. The van der Waals surface area contributed by atoms with E-state index < -0.39 is 0 Å². The molecule has 1 aromatic carbocycles. The van der Waals surface area contributed by atoms with Gasteiger partial charge >= 0.3 is 0 Å². The molecule has 0 bridgehead atoms. The number of nitriles is 1. The molecule has 0 spiro atoms. The quantitative estimate of drug-likeness (QED) is 0.844. The van der Waals surface area contributed by atoms with Crippen molar-refractivity contribution >= 4 is 5.69 Å². The third-order valence-electron chi connectivity index (χ3n) is 4.39. The summed E-state index contributed by atoms with van der Waals surface area (Å²) in [5.41, 5.74) is 1.96. The molecule has 1 N–H and O–H groups in total. The van der Waals surface area contributed by atoms with E-state index in [2.05, 4.69) is 44.3 Å². The molecule has 2 rings (SSSR count). The van der Waals surface area contributed by atoms with E-state index in [4.69, 9.17) is 0 Å². The van der Waals surface area contributed by atoms with Crippen LogP contribution >= 0.6 is 0 Å². The van der Waals surface area contributed by atoms with E-state index in [0.29, 0.717) is 11.8 Å². The maximum absolute atomic E-state index is 9.73. The zero-order chi connectivity index (χ0) is 14.6. The molecule has 0 aromatic heterocycles. The van der Waals surface area contributed by atoms with Crippen molar-refractivity contribution in [3.05, 3.63) is 29.8 Å². The number of para-hydroxylation sites is 1. The molecule has 108 valence electrons. The minimum Gasteiger partial charge on any atom is -0.367 e. The largest absolute Gasteiger partial charge is 0.367 e. The highest BCUT2D eigenvalue weighted by atomic mass is 15.0. The Kier molecular flexibility index (Phi) is 4.70. The van der Waals surface area contributed by atoms with Crippen molar-refractivity contribution in [1.29, 1.82) is 5.26 Å². The van der Waals surface area contributed by atoms with E-state index in [1.165, 1.54) is 18.4 Å². The van der Waals surface area contributed by atoms with E-state index >= 15 is 0 Å². The fourth-order valence-electron chi connectivity index (χ4n) is 3.47. The molecule has 0 radical (unpaired) electrons. The number of anilines is 1. The van der Waals surface area contributed by atoms with Crippen molar-refractivity contribution in [2.24, 2.45) is 11.8 Å². The molecular formula is C18H26N2. The van der Waals surface area contributed by atoms with Gasteiger partial charge in [-0.25, -0.2) is 0 Å². The minimum absolute atomic E-state index is 0.371. The number of aryl methyl sites for hydroxylation is 1. The lowest BCUT2D eigenvalue weighted by atomic mass is 9.73. The summed E-state index contributed by atoms with van der Waals surface area (Å²) < 4.78 is 0. The van der Waals surface area contributed by atoms with Crippen molar-refractivity contribution in [2.75, 3.05) is 5.32 Å². The predicted octanol–water partition coefficient (Wildman–Crippen LogP) is 4.91. The average Bonchev–Trinajstić information content (AvgIpc) is 2.41.